The summed E-state index contributed by atoms with van der Waals surface area (Å²) in [6.45, 7) is 1.28. The van der Waals surface area contributed by atoms with Crippen LogP contribution in [0, 0.1) is 0 Å². The molecule has 0 fully saturated rings. The van der Waals surface area contributed by atoms with Gasteiger partial charge in [0.15, 0.2) is 11.5 Å². The number of hydrogen-bond acceptors (Lipinski definition) is 3. The third-order valence-corrected chi connectivity index (χ3v) is 2.29. The Kier molecular flexibility index (Phi) is 3.47. The number of carbonyl (C=O) groups is 1. The number of alkyl halides is 3. The molecule has 16 heavy (non-hydrogen) atoms. The van der Waals surface area contributed by atoms with Crippen LogP contribution < -0.4 is 10.5 Å². The Morgan fingerprint density at radius 3 is 2.38 bits per heavy atom. The van der Waals surface area contributed by atoms with E-state index in [4.69, 9.17) is 5.73 Å². The van der Waals surface area contributed by atoms with Gasteiger partial charge >= 0.3 is 6.36 Å². The number of halogens is 4. The van der Waals surface area contributed by atoms with Gasteiger partial charge in [-0.3, -0.25) is 4.79 Å². The molecule has 0 saturated heterocycles. The van der Waals surface area contributed by atoms with E-state index in [9.17, 15) is 18.0 Å². The Morgan fingerprint density at radius 2 is 2.00 bits per heavy atom. The van der Waals surface area contributed by atoms with Crippen LogP contribution >= 0.6 is 15.9 Å². The summed E-state index contributed by atoms with van der Waals surface area (Å²) < 4.78 is 39.7. The van der Waals surface area contributed by atoms with Gasteiger partial charge in [-0.2, -0.15) is 0 Å². The normalized spacial score (nSPS) is 11.3. The fourth-order valence-corrected chi connectivity index (χ4v) is 1.60. The molecule has 0 atom stereocenters. The minimum atomic E-state index is -4.83. The number of Topliss-reactive ketones (excluding diaryl/α,β-unsaturated/α-hetero) is 1. The maximum atomic E-state index is 12.0. The van der Waals surface area contributed by atoms with Crippen LogP contribution in [0.2, 0.25) is 0 Å². The maximum Gasteiger partial charge on any atom is 0.573 e. The highest BCUT2D eigenvalue weighted by molar-refractivity contribution is 9.10. The van der Waals surface area contributed by atoms with Crippen molar-refractivity contribution < 1.29 is 22.7 Å². The van der Waals surface area contributed by atoms with E-state index < -0.39 is 12.1 Å². The quantitative estimate of drug-likeness (QED) is 0.674. The number of nitrogens with two attached hydrogens (primary N) is 1. The molecule has 0 bridgehead atoms. The molecule has 0 aliphatic carbocycles. The molecule has 2 N–H and O–H groups in total. The molecule has 7 heteroatoms. The lowest BCUT2D eigenvalue weighted by molar-refractivity contribution is -0.274. The monoisotopic (exact) mass is 297 g/mol. The molecule has 0 aromatic heterocycles. The molecular weight excluding hydrogens is 291 g/mol. The van der Waals surface area contributed by atoms with E-state index in [2.05, 4.69) is 20.7 Å². The van der Waals surface area contributed by atoms with Gasteiger partial charge in [0.25, 0.3) is 0 Å². The van der Waals surface area contributed by atoms with Gasteiger partial charge in [0, 0.05) is 5.56 Å². The summed E-state index contributed by atoms with van der Waals surface area (Å²) in [7, 11) is 0. The lowest BCUT2D eigenvalue weighted by Crippen LogP contribution is -2.18. The first-order chi connectivity index (χ1) is 7.20. The maximum absolute atomic E-state index is 12.0. The van der Waals surface area contributed by atoms with E-state index in [-0.39, 0.29) is 21.5 Å². The topological polar surface area (TPSA) is 52.3 Å². The summed E-state index contributed by atoms with van der Waals surface area (Å²) in [6.07, 6.45) is -4.83. The Morgan fingerprint density at radius 1 is 1.44 bits per heavy atom. The third kappa shape index (κ3) is 3.13. The number of ketones is 1. The van der Waals surface area contributed by atoms with Crippen molar-refractivity contribution in [2.45, 2.75) is 13.3 Å². The number of nitrogen functional groups attached to an aromatic ring is 1. The number of rotatable bonds is 2. The van der Waals surface area contributed by atoms with E-state index in [1.54, 1.807) is 0 Å². The van der Waals surface area contributed by atoms with Crippen molar-refractivity contribution in [1.29, 1.82) is 0 Å². The highest BCUT2D eigenvalue weighted by Gasteiger charge is 2.33. The van der Waals surface area contributed by atoms with E-state index in [0.717, 1.165) is 6.07 Å². The minimum Gasteiger partial charge on any atom is -0.402 e. The largest absolute Gasteiger partial charge is 0.573 e. The van der Waals surface area contributed by atoms with E-state index in [0.29, 0.717) is 0 Å². The predicted octanol–water partition coefficient (Wildman–Crippen LogP) is 3.13. The average Bonchev–Trinajstić information content (AvgIpc) is 2.09. The summed E-state index contributed by atoms with van der Waals surface area (Å²) in [5.41, 5.74) is 5.31. The second-order valence-corrected chi connectivity index (χ2v) is 3.83. The van der Waals surface area contributed by atoms with Gasteiger partial charge in [-0.25, -0.2) is 0 Å². The summed E-state index contributed by atoms with van der Waals surface area (Å²) in [5, 5.41) is 0. The van der Waals surface area contributed by atoms with Crippen LogP contribution in [0.5, 0.6) is 5.75 Å². The highest BCUT2D eigenvalue weighted by Crippen LogP contribution is 2.36. The molecule has 0 amide bonds. The molecule has 1 aromatic rings. The molecule has 0 aliphatic rings. The van der Waals surface area contributed by atoms with Gasteiger partial charge in [-0.05, 0) is 35.0 Å². The molecule has 3 nitrogen and oxygen atoms in total. The van der Waals surface area contributed by atoms with Gasteiger partial charge in [-0.15, -0.1) is 13.2 Å². The molecule has 0 radical (unpaired) electrons. The summed E-state index contributed by atoms with van der Waals surface area (Å²) >= 11 is 2.86. The smallest absolute Gasteiger partial charge is 0.402 e. The molecule has 0 aliphatic heterocycles. The summed E-state index contributed by atoms with van der Waals surface area (Å²) in [4.78, 5) is 11.0. The number of anilines is 1. The second kappa shape index (κ2) is 4.32. The van der Waals surface area contributed by atoms with Crippen molar-refractivity contribution in [3.8, 4) is 5.75 Å². The van der Waals surface area contributed by atoms with E-state index in [1.807, 2.05) is 0 Å². The van der Waals surface area contributed by atoms with Crippen LogP contribution in [0.4, 0.5) is 18.9 Å². The van der Waals surface area contributed by atoms with Crippen LogP contribution in [0.1, 0.15) is 17.3 Å². The molecule has 1 rings (SSSR count). The predicted molar refractivity (Wildman–Crippen MR) is 55.2 cm³/mol. The summed E-state index contributed by atoms with van der Waals surface area (Å²) in [6, 6.07) is 2.36. The Balaban J connectivity index is 3.18. The highest BCUT2D eigenvalue weighted by atomic mass is 79.9. The Hall–Kier alpha value is -1.24. The fourth-order valence-electron chi connectivity index (χ4n) is 1.04. The number of ether oxygens (including phenoxy) is 1. The first kappa shape index (κ1) is 12.8. The average molecular weight is 298 g/mol. The zero-order valence-corrected chi connectivity index (χ0v) is 9.65. The van der Waals surface area contributed by atoms with Crippen molar-refractivity contribution in [2.75, 3.05) is 5.73 Å². The van der Waals surface area contributed by atoms with Crippen molar-refractivity contribution >= 4 is 27.4 Å². The molecule has 1 aromatic carbocycles. The van der Waals surface area contributed by atoms with Gasteiger partial charge < -0.3 is 10.5 Å². The van der Waals surface area contributed by atoms with Crippen LogP contribution in [-0.2, 0) is 0 Å². The van der Waals surface area contributed by atoms with Crippen LogP contribution in [-0.4, -0.2) is 12.1 Å². The molecular formula is C9H7BrF3NO2. The lowest BCUT2D eigenvalue weighted by atomic mass is 10.1. The van der Waals surface area contributed by atoms with Gasteiger partial charge in [0.05, 0.1) is 10.2 Å². The Bertz CT molecular complexity index is 408. The van der Waals surface area contributed by atoms with E-state index >= 15 is 0 Å². The van der Waals surface area contributed by atoms with Crippen LogP contribution in [0.3, 0.4) is 0 Å². The molecule has 0 saturated carbocycles. The standard InChI is InChI=1S/C9H7BrF3NO2/c1-4(15)5-2-6(10)8(7(14)3-5)16-9(11,12)13/h2-3H,14H2,1H3. The second-order valence-electron chi connectivity index (χ2n) is 2.98. The Labute approximate surface area is 97.5 Å². The van der Waals surface area contributed by atoms with Crippen molar-refractivity contribution in [3.05, 3.63) is 22.2 Å². The lowest BCUT2D eigenvalue weighted by Gasteiger charge is -2.13. The van der Waals surface area contributed by atoms with Gasteiger partial charge in [0.2, 0.25) is 0 Å². The van der Waals surface area contributed by atoms with Crippen molar-refractivity contribution in [2.24, 2.45) is 0 Å². The number of hydrogen-bond donors (Lipinski definition) is 1. The first-order valence-electron chi connectivity index (χ1n) is 4.06. The van der Waals surface area contributed by atoms with Crippen molar-refractivity contribution in [1.82, 2.24) is 0 Å². The zero-order valence-electron chi connectivity index (χ0n) is 8.06. The van der Waals surface area contributed by atoms with Crippen LogP contribution in [0.15, 0.2) is 16.6 Å². The molecule has 0 spiro atoms. The molecule has 0 unspecified atom stereocenters. The minimum absolute atomic E-state index is 0.0185. The SMILES string of the molecule is CC(=O)c1cc(N)c(OC(F)(F)F)c(Br)c1. The zero-order chi connectivity index (χ0) is 12.5. The van der Waals surface area contributed by atoms with Gasteiger partial charge in [0.1, 0.15) is 0 Å². The number of carbonyl (C=O) groups excluding carboxylic acids is 1. The van der Waals surface area contributed by atoms with Crippen molar-refractivity contribution in [3.63, 3.8) is 0 Å². The molecule has 0 heterocycles. The fraction of sp³-hybridized carbons (Fsp3) is 0.222. The summed E-state index contributed by atoms with van der Waals surface area (Å²) in [5.74, 6) is -0.844. The van der Waals surface area contributed by atoms with Crippen LogP contribution in [0.25, 0.3) is 0 Å². The third-order valence-electron chi connectivity index (χ3n) is 1.70. The van der Waals surface area contributed by atoms with E-state index in [1.165, 1.54) is 13.0 Å². The first-order valence-corrected chi connectivity index (χ1v) is 4.85. The molecule has 88 valence electrons. The van der Waals surface area contributed by atoms with Gasteiger partial charge in [-0.1, -0.05) is 0 Å². The number of benzene rings is 1.